The topological polar surface area (TPSA) is 71.1 Å². The third kappa shape index (κ3) is 6.75. The third-order valence-corrected chi connectivity index (χ3v) is 5.62. The lowest BCUT2D eigenvalue weighted by atomic mass is 9.92. The van der Waals surface area contributed by atoms with E-state index >= 15 is 0 Å². The molecule has 0 aliphatic rings. The van der Waals surface area contributed by atoms with Crippen LogP contribution in [-0.2, 0) is 9.78 Å². The highest BCUT2D eigenvalue weighted by Crippen LogP contribution is 2.37. The van der Waals surface area contributed by atoms with Crippen molar-refractivity contribution in [1.29, 1.82) is 0 Å². The summed E-state index contributed by atoms with van der Waals surface area (Å²) in [6.07, 6.45) is -2.27. The van der Waals surface area contributed by atoms with Gasteiger partial charge in [-0.25, -0.2) is 0 Å². The highest BCUT2D eigenvalue weighted by molar-refractivity contribution is 5.69. The Labute approximate surface area is 203 Å². The van der Waals surface area contributed by atoms with Crippen molar-refractivity contribution in [2.24, 2.45) is 0 Å². The fourth-order valence-electron chi connectivity index (χ4n) is 3.88. The number of ether oxygens (including phenoxy) is 2. The molecule has 34 heavy (non-hydrogen) atoms. The van der Waals surface area contributed by atoms with Crippen LogP contribution in [0.25, 0.3) is 0 Å². The fraction of sp³-hybridized carbons (Fsp3) is 0.500. The second kappa shape index (κ2) is 11.4. The van der Waals surface area contributed by atoms with E-state index in [1.165, 1.54) is 0 Å². The predicted octanol–water partition coefficient (Wildman–Crippen LogP) is 8.44. The number of rotatable bonds is 6. The Bertz CT molecular complexity index is 892. The fourth-order valence-corrected chi connectivity index (χ4v) is 3.88. The van der Waals surface area contributed by atoms with E-state index < -0.39 is 12.3 Å². The SMILES string of the molecule is Cc1cc(C(C)C)c(OC(=O)OOC(=O)Oc2c(C(C)C)cc(C)cc2C(C)C)c(C(C)C)c1. The minimum absolute atomic E-state index is 0.122. The van der Waals surface area contributed by atoms with E-state index in [2.05, 4.69) is 9.78 Å². The minimum atomic E-state index is -1.14. The van der Waals surface area contributed by atoms with Gasteiger partial charge in [0.2, 0.25) is 0 Å². The second-order valence-electron chi connectivity index (χ2n) is 10.0. The number of carbonyl (C=O) groups is 2. The zero-order chi connectivity index (χ0) is 25.7. The Morgan fingerprint density at radius 2 is 0.765 bits per heavy atom. The summed E-state index contributed by atoms with van der Waals surface area (Å²) in [5.74, 6) is 1.35. The smallest absolute Gasteiger partial charge is 0.392 e. The molecule has 0 unspecified atom stereocenters. The van der Waals surface area contributed by atoms with Crippen LogP contribution in [-0.4, -0.2) is 12.3 Å². The van der Waals surface area contributed by atoms with Crippen molar-refractivity contribution < 1.29 is 28.8 Å². The first-order valence-corrected chi connectivity index (χ1v) is 11.9. The summed E-state index contributed by atoms with van der Waals surface area (Å²) in [5, 5.41) is 0. The number of carbonyl (C=O) groups excluding carboxylic acids is 2. The van der Waals surface area contributed by atoms with Gasteiger partial charge in [0.25, 0.3) is 0 Å². The van der Waals surface area contributed by atoms with Crippen LogP contribution in [0.4, 0.5) is 9.59 Å². The van der Waals surface area contributed by atoms with E-state index in [0.29, 0.717) is 11.5 Å². The molecule has 0 N–H and O–H groups in total. The van der Waals surface area contributed by atoms with E-state index in [9.17, 15) is 9.59 Å². The van der Waals surface area contributed by atoms with Crippen LogP contribution in [0.1, 0.15) is 112 Å². The molecule has 0 saturated heterocycles. The minimum Gasteiger partial charge on any atom is -0.392 e. The Kier molecular flexibility index (Phi) is 9.14. The molecule has 0 spiro atoms. The summed E-state index contributed by atoms with van der Waals surface area (Å²) in [7, 11) is 0. The van der Waals surface area contributed by atoms with Gasteiger partial charge in [-0.3, -0.25) is 0 Å². The van der Waals surface area contributed by atoms with Gasteiger partial charge in [-0.2, -0.15) is 19.4 Å². The van der Waals surface area contributed by atoms with Gasteiger partial charge in [0.1, 0.15) is 11.5 Å². The lowest BCUT2D eigenvalue weighted by Gasteiger charge is -2.20. The monoisotopic (exact) mass is 470 g/mol. The lowest BCUT2D eigenvalue weighted by Crippen LogP contribution is -2.20. The van der Waals surface area contributed by atoms with Gasteiger partial charge in [-0.05, 0) is 59.8 Å². The first kappa shape index (κ1) is 27.2. The van der Waals surface area contributed by atoms with Gasteiger partial charge < -0.3 is 9.47 Å². The van der Waals surface area contributed by atoms with Crippen LogP contribution >= 0.6 is 0 Å². The standard InChI is InChI=1S/C28H38O6/c1-15(2)21-11-19(9)12-22(16(3)4)25(21)31-27(29)33-34-28(30)32-26-23(17(5)6)13-20(10)14-24(26)18(7)8/h11-18H,1-10H3. The maximum atomic E-state index is 12.4. The number of aryl methyl sites for hydroxylation is 2. The van der Waals surface area contributed by atoms with Gasteiger partial charge in [0, 0.05) is 0 Å². The van der Waals surface area contributed by atoms with Crippen LogP contribution in [0.2, 0.25) is 0 Å². The van der Waals surface area contributed by atoms with Crippen LogP contribution in [0, 0.1) is 13.8 Å². The normalized spacial score (nSPS) is 11.4. The number of hydrogen-bond acceptors (Lipinski definition) is 6. The highest BCUT2D eigenvalue weighted by Gasteiger charge is 2.24. The average Bonchev–Trinajstić information content (AvgIpc) is 2.73. The quantitative estimate of drug-likeness (QED) is 0.182. The summed E-state index contributed by atoms with van der Waals surface area (Å²) in [5.41, 5.74) is 5.68. The van der Waals surface area contributed by atoms with Crippen LogP contribution < -0.4 is 9.47 Å². The molecule has 6 heteroatoms. The molecule has 0 amide bonds. The largest absolute Gasteiger partial charge is 0.555 e. The second-order valence-corrected chi connectivity index (χ2v) is 10.0. The molecule has 0 aliphatic heterocycles. The molecule has 0 aliphatic carbocycles. The molecule has 0 saturated carbocycles. The summed E-state index contributed by atoms with van der Waals surface area (Å²) in [4.78, 5) is 34.2. The maximum absolute atomic E-state index is 12.4. The summed E-state index contributed by atoms with van der Waals surface area (Å²) in [6, 6.07) is 7.91. The summed E-state index contributed by atoms with van der Waals surface area (Å²) < 4.78 is 11.0. The molecule has 2 aromatic carbocycles. The number of benzene rings is 2. The van der Waals surface area contributed by atoms with E-state index in [1.807, 2.05) is 93.5 Å². The lowest BCUT2D eigenvalue weighted by molar-refractivity contribution is -0.203. The first-order chi connectivity index (χ1) is 15.8. The van der Waals surface area contributed by atoms with Crippen molar-refractivity contribution in [1.82, 2.24) is 0 Å². The Balaban J connectivity index is 2.19. The molecule has 2 rings (SSSR count). The highest BCUT2D eigenvalue weighted by atomic mass is 17.3. The zero-order valence-electron chi connectivity index (χ0n) is 22.1. The van der Waals surface area contributed by atoms with Crippen molar-refractivity contribution >= 4 is 12.3 Å². The van der Waals surface area contributed by atoms with E-state index in [-0.39, 0.29) is 23.7 Å². The molecule has 186 valence electrons. The molecule has 0 heterocycles. The Hall–Kier alpha value is -3.02. The molecule has 0 atom stereocenters. The number of hydrogen-bond donors (Lipinski definition) is 0. The van der Waals surface area contributed by atoms with Gasteiger partial charge in [-0.15, -0.1) is 0 Å². The molecule has 0 radical (unpaired) electrons. The van der Waals surface area contributed by atoms with E-state index in [1.54, 1.807) is 0 Å². The van der Waals surface area contributed by atoms with Gasteiger partial charge in [0.05, 0.1) is 0 Å². The summed E-state index contributed by atoms with van der Waals surface area (Å²) in [6.45, 7) is 20.2. The third-order valence-electron chi connectivity index (χ3n) is 5.62. The van der Waals surface area contributed by atoms with Crippen molar-refractivity contribution in [3.8, 4) is 11.5 Å². The molecular formula is C28H38O6. The molecule has 0 bridgehead atoms. The Morgan fingerprint density at radius 1 is 0.529 bits per heavy atom. The molecule has 2 aromatic rings. The first-order valence-electron chi connectivity index (χ1n) is 11.9. The van der Waals surface area contributed by atoms with Crippen LogP contribution in [0.15, 0.2) is 24.3 Å². The van der Waals surface area contributed by atoms with E-state index in [4.69, 9.17) is 9.47 Å². The van der Waals surface area contributed by atoms with Crippen molar-refractivity contribution in [2.45, 2.75) is 92.9 Å². The van der Waals surface area contributed by atoms with Gasteiger partial charge in [0.15, 0.2) is 0 Å². The maximum Gasteiger partial charge on any atom is 0.555 e. The molecule has 6 nitrogen and oxygen atoms in total. The Morgan fingerprint density at radius 3 is 0.971 bits per heavy atom. The predicted molar refractivity (Wildman–Crippen MR) is 133 cm³/mol. The zero-order valence-corrected chi connectivity index (χ0v) is 22.1. The average molecular weight is 471 g/mol. The van der Waals surface area contributed by atoms with Gasteiger partial charge >= 0.3 is 12.3 Å². The van der Waals surface area contributed by atoms with Crippen LogP contribution in [0.3, 0.4) is 0 Å². The van der Waals surface area contributed by atoms with Crippen molar-refractivity contribution in [2.75, 3.05) is 0 Å². The van der Waals surface area contributed by atoms with Crippen molar-refractivity contribution in [3.05, 3.63) is 57.6 Å². The molecule has 0 fully saturated rings. The molecule has 0 aromatic heterocycles. The van der Waals surface area contributed by atoms with Crippen molar-refractivity contribution in [3.63, 3.8) is 0 Å². The molecular weight excluding hydrogens is 432 g/mol. The van der Waals surface area contributed by atoms with E-state index in [0.717, 1.165) is 33.4 Å². The summed E-state index contributed by atoms with van der Waals surface area (Å²) >= 11 is 0. The van der Waals surface area contributed by atoms with Crippen LogP contribution in [0.5, 0.6) is 11.5 Å². The van der Waals surface area contributed by atoms with Gasteiger partial charge in [-0.1, -0.05) is 90.8 Å².